The lowest BCUT2D eigenvalue weighted by molar-refractivity contribution is 1.44. The molecule has 0 aliphatic rings. The van der Waals surface area contributed by atoms with Gasteiger partial charge in [-0.3, -0.25) is 0 Å². The molecule has 0 aliphatic heterocycles. The molecule has 0 unspecified atom stereocenters. The van der Waals surface area contributed by atoms with Crippen molar-refractivity contribution in [1.29, 1.82) is 0 Å². The Morgan fingerprint density at radius 3 is 2.40 bits per heavy atom. The molecule has 3 heteroatoms. The maximum atomic E-state index is 3.45. The summed E-state index contributed by atoms with van der Waals surface area (Å²) in [5, 5.41) is 1.43. The highest BCUT2D eigenvalue weighted by Crippen LogP contribution is 2.27. The van der Waals surface area contributed by atoms with Crippen LogP contribution in [0, 0.1) is 0 Å². The molecule has 54 valence electrons. The lowest BCUT2D eigenvalue weighted by Gasteiger charge is -2.01. The van der Waals surface area contributed by atoms with E-state index in [9.17, 15) is 0 Å². The smallest absolute Gasteiger partial charge is 0.0712 e. The van der Waals surface area contributed by atoms with Crippen molar-refractivity contribution >= 4 is 47.3 Å². The summed E-state index contributed by atoms with van der Waals surface area (Å²) < 4.78 is 0.300. The van der Waals surface area contributed by atoms with Gasteiger partial charge < -0.3 is 0 Å². The highest BCUT2D eigenvalue weighted by molar-refractivity contribution is 9.24. The van der Waals surface area contributed by atoms with Crippen LogP contribution in [0.25, 0.3) is 0 Å². The van der Waals surface area contributed by atoms with Crippen LogP contribution in [0.1, 0.15) is 9.30 Å². The molecule has 0 heterocycles. The Kier molecular flexibility index (Phi) is 3.14. The third-order valence-corrected chi connectivity index (χ3v) is 2.97. The Hall–Kier alpha value is 0.397. The van der Waals surface area contributed by atoms with E-state index in [1.807, 2.05) is 0 Å². The van der Waals surface area contributed by atoms with E-state index in [1.54, 1.807) is 0 Å². The number of rotatable bonds is 1. The van der Waals surface area contributed by atoms with Crippen molar-refractivity contribution in [3.05, 3.63) is 29.8 Å². The first kappa shape index (κ1) is 8.49. The predicted octanol–water partition coefficient (Wildman–Crippen LogP) is 1.47. The molecular weight excluding hydrogens is 272 g/mol. The minimum absolute atomic E-state index is 0.300. The van der Waals surface area contributed by atoms with Crippen LogP contribution in [0.4, 0.5) is 0 Å². The minimum Gasteiger partial charge on any atom is -0.0712 e. The van der Waals surface area contributed by atoms with Crippen LogP contribution in [0.15, 0.2) is 24.3 Å². The highest BCUT2D eigenvalue weighted by Gasteiger charge is 1.99. The summed E-state index contributed by atoms with van der Waals surface area (Å²) >= 11 is 6.90. The van der Waals surface area contributed by atoms with Gasteiger partial charge in [0.05, 0.1) is 3.74 Å². The number of benzene rings is 1. The summed E-state index contributed by atoms with van der Waals surface area (Å²) in [6.07, 6.45) is 0. The van der Waals surface area contributed by atoms with Crippen molar-refractivity contribution in [2.24, 2.45) is 0 Å². The Balaban J connectivity index is 2.96. The van der Waals surface area contributed by atoms with E-state index in [-0.39, 0.29) is 0 Å². The van der Waals surface area contributed by atoms with E-state index in [1.165, 1.54) is 10.8 Å². The lowest BCUT2D eigenvalue weighted by Crippen LogP contribution is -2.01. The van der Waals surface area contributed by atoms with Gasteiger partial charge in [0.25, 0.3) is 0 Å². The van der Waals surface area contributed by atoms with Crippen LogP contribution in [-0.2, 0) is 0 Å². The van der Waals surface area contributed by atoms with Gasteiger partial charge in [0.1, 0.15) is 0 Å². The first-order valence-electron chi connectivity index (χ1n) is 3.05. The second-order valence-corrected chi connectivity index (χ2v) is 6.43. The van der Waals surface area contributed by atoms with E-state index >= 15 is 0 Å². The quantitative estimate of drug-likeness (QED) is 0.540. The molecule has 1 aromatic carbocycles. The van der Waals surface area contributed by atoms with Crippen molar-refractivity contribution < 1.29 is 0 Å². The maximum absolute atomic E-state index is 3.45. The lowest BCUT2D eigenvalue weighted by atomic mass is 10.2. The normalized spacial score (nSPS) is 10.7. The van der Waals surface area contributed by atoms with Crippen LogP contribution in [0.2, 0.25) is 0 Å². The van der Waals surface area contributed by atoms with Crippen molar-refractivity contribution in [2.75, 3.05) is 0 Å². The molecule has 10 heavy (non-hydrogen) atoms. The molecule has 1 aromatic rings. The van der Waals surface area contributed by atoms with E-state index in [0.29, 0.717) is 3.74 Å². The highest BCUT2D eigenvalue weighted by atomic mass is 79.9. The van der Waals surface area contributed by atoms with Gasteiger partial charge in [-0.15, -0.1) is 0 Å². The largest absolute Gasteiger partial charge is 0.0946 e. The van der Waals surface area contributed by atoms with E-state index in [4.69, 9.17) is 0 Å². The van der Waals surface area contributed by atoms with E-state index < -0.39 is 0 Å². The number of hydrogen-bond donors (Lipinski definition) is 0. The second kappa shape index (κ2) is 3.69. The fourth-order valence-corrected chi connectivity index (χ4v) is 1.90. The summed E-state index contributed by atoms with van der Waals surface area (Å²) in [6, 6.07) is 8.56. The van der Waals surface area contributed by atoms with Gasteiger partial charge in [-0.25, -0.2) is 0 Å². The monoisotopic (exact) mass is 278 g/mol. The van der Waals surface area contributed by atoms with Crippen molar-refractivity contribution in [3.8, 4) is 0 Å². The molecule has 0 N–H and O–H groups in total. The zero-order valence-electron chi connectivity index (χ0n) is 5.64. The number of halogens is 2. The van der Waals surface area contributed by atoms with Gasteiger partial charge in [0, 0.05) is 10.2 Å². The molecule has 0 aromatic heterocycles. The topological polar surface area (TPSA) is 0 Å². The van der Waals surface area contributed by atoms with Gasteiger partial charge >= 0.3 is 0 Å². The fraction of sp³-hybridized carbons (Fsp3) is 0.143. The molecular formula is C7H8Br2Si. The zero-order chi connectivity index (χ0) is 7.56. The number of alkyl halides is 2. The summed E-state index contributed by atoms with van der Waals surface area (Å²) in [6.45, 7) is 0. The Bertz CT molecular complexity index is 223. The average molecular weight is 280 g/mol. The van der Waals surface area contributed by atoms with Crippen LogP contribution >= 0.6 is 31.9 Å². The fourth-order valence-electron chi connectivity index (χ4n) is 0.806. The SMILES string of the molecule is [SiH3]c1cccc(C(Br)Br)c1. The molecule has 0 aliphatic carbocycles. The molecule has 0 bridgehead atoms. The Morgan fingerprint density at radius 2 is 2.00 bits per heavy atom. The van der Waals surface area contributed by atoms with Crippen LogP contribution in [0.5, 0.6) is 0 Å². The molecule has 0 saturated carbocycles. The van der Waals surface area contributed by atoms with E-state index in [0.717, 1.165) is 10.2 Å². The summed E-state index contributed by atoms with van der Waals surface area (Å²) in [4.78, 5) is 0. The molecule has 0 amide bonds. The third-order valence-electron chi connectivity index (χ3n) is 1.29. The minimum atomic E-state index is 0.300. The van der Waals surface area contributed by atoms with Crippen LogP contribution in [-0.4, -0.2) is 10.2 Å². The van der Waals surface area contributed by atoms with Gasteiger partial charge in [-0.05, 0) is 5.56 Å². The summed E-state index contributed by atoms with van der Waals surface area (Å²) in [5.41, 5.74) is 1.30. The molecule has 0 spiro atoms. The Labute approximate surface area is 80.7 Å². The van der Waals surface area contributed by atoms with Crippen LogP contribution < -0.4 is 5.19 Å². The average Bonchev–Trinajstić information content (AvgIpc) is 1.88. The Morgan fingerprint density at radius 1 is 1.30 bits per heavy atom. The predicted molar refractivity (Wildman–Crippen MR) is 56.6 cm³/mol. The zero-order valence-corrected chi connectivity index (χ0v) is 10.8. The summed E-state index contributed by atoms with van der Waals surface area (Å²) in [5.74, 6) is 0. The third kappa shape index (κ3) is 2.22. The first-order chi connectivity index (χ1) is 4.70. The van der Waals surface area contributed by atoms with Gasteiger partial charge in [-0.1, -0.05) is 61.3 Å². The maximum Gasteiger partial charge on any atom is 0.0946 e. The first-order valence-corrected chi connectivity index (χ1v) is 5.88. The standard InChI is InChI=1S/C7H8Br2Si/c8-7(9)5-2-1-3-6(10)4-5/h1-4,7H,10H3. The molecule has 0 fully saturated rings. The molecule has 0 nitrogen and oxygen atoms in total. The van der Waals surface area contributed by atoms with Crippen molar-refractivity contribution in [1.82, 2.24) is 0 Å². The molecule has 1 rings (SSSR count). The van der Waals surface area contributed by atoms with Gasteiger partial charge in [0.2, 0.25) is 0 Å². The molecule has 0 saturated heterocycles. The molecule has 0 atom stereocenters. The van der Waals surface area contributed by atoms with Crippen LogP contribution in [0.3, 0.4) is 0 Å². The van der Waals surface area contributed by atoms with Crippen molar-refractivity contribution in [3.63, 3.8) is 0 Å². The molecule has 0 radical (unpaired) electrons. The van der Waals surface area contributed by atoms with E-state index in [2.05, 4.69) is 56.1 Å². The second-order valence-electron chi connectivity index (χ2n) is 2.21. The van der Waals surface area contributed by atoms with Gasteiger partial charge in [0.15, 0.2) is 0 Å². The van der Waals surface area contributed by atoms with Gasteiger partial charge in [-0.2, -0.15) is 0 Å². The van der Waals surface area contributed by atoms with Crippen molar-refractivity contribution in [2.45, 2.75) is 3.74 Å². The summed E-state index contributed by atoms with van der Waals surface area (Å²) in [7, 11) is 1.13. The number of hydrogen-bond acceptors (Lipinski definition) is 0.